The van der Waals surface area contributed by atoms with Gasteiger partial charge in [0.1, 0.15) is 22.5 Å². The van der Waals surface area contributed by atoms with Gasteiger partial charge in [0.25, 0.3) is 0 Å². The molecule has 5 rings (SSSR count). The average molecular weight is 601 g/mol. The molecule has 1 aliphatic rings. The molecule has 0 unspecified atom stereocenters. The van der Waals surface area contributed by atoms with E-state index in [1.807, 2.05) is 55.5 Å². The third kappa shape index (κ3) is 6.94. The van der Waals surface area contributed by atoms with Crippen molar-refractivity contribution in [2.24, 2.45) is 5.92 Å². The van der Waals surface area contributed by atoms with Gasteiger partial charge in [-0.15, -0.1) is 0 Å². The molecule has 0 radical (unpaired) electrons. The zero-order valence-electron chi connectivity index (χ0n) is 25.2. The van der Waals surface area contributed by atoms with Gasteiger partial charge in [-0.1, -0.05) is 79.7 Å². The minimum Gasteiger partial charge on any atom is -0.497 e. The second-order valence-corrected chi connectivity index (χ2v) is 13.2. The van der Waals surface area contributed by atoms with Crippen LogP contribution in [-0.4, -0.2) is 68.7 Å². The maximum atomic E-state index is 13.9. The maximum absolute atomic E-state index is 13.9. The molecule has 43 heavy (non-hydrogen) atoms. The number of methoxy groups -OCH3 is 1. The largest absolute Gasteiger partial charge is 0.497 e. The SMILES string of the molecule is COc1ccc(-c2ccc3c(c2)O[C@@H](CN(C)Cc2ccc(-c4ccccc4)cc2)[C@@H](C)CN([C@@H](C)CO)S3(=O)=O)cc1. The molecule has 0 saturated heterocycles. The van der Waals surface area contributed by atoms with Gasteiger partial charge in [0.2, 0.25) is 10.0 Å². The number of sulfonamides is 1. The lowest BCUT2D eigenvalue weighted by atomic mass is 10.0. The third-order valence-electron chi connectivity index (χ3n) is 8.10. The van der Waals surface area contributed by atoms with Crippen LogP contribution in [0.4, 0.5) is 0 Å². The van der Waals surface area contributed by atoms with Crippen molar-refractivity contribution in [3.05, 3.63) is 103 Å². The van der Waals surface area contributed by atoms with Crippen molar-refractivity contribution in [2.45, 2.75) is 37.4 Å². The number of nitrogens with zero attached hydrogens (tertiary/aromatic N) is 2. The summed E-state index contributed by atoms with van der Waals surface area (Å²) in [6.07, 6.45) is -0.289. The van der Waals surface area contributed by atoms with Crippen molar-refractivity contribution in [1.82, 2.24) is 9.21 Å². The lowest BCUT2D eigenvalue weighted by Crippen LogP contribution is -2.49. The Morgan fingerprint density at radius 3 is 2.19 bits per heavy atom. The van der Waals surface area contributed by atoms with Gasteiger partial charge in [-0.3, -0.25) is 4.90 Å². The molecule has 0 amide bonds. The van der Waals surface area contributed by atoms with Crippen molar-refractivity contribution in [2.75, 3.05) is 33.9 Å². The van der Waals surface area contributed by atoms with Crippen LogP contribution in [0.5, 0.6) is 11.5 Å². The summed E-state index contributed by atoms with van der Waals surface area (Å²) >= 11 is 0. The average Bonchev–Trinajstić information content (AvgIpc) is 3.03. The number of benzene rings is 4. The molecule has 1 aliphatic heterocycles. The molecular weight excluding hydrogens is 560 g/mol. The normalized spacial score (nSPS) is 19.1. The number of aliphatic hydroxyl groups excluding tert-OH is 1. The van der Waals surface area contributed by atoms with Crippen LogP contribution in [0.25, 0.3) is 22.3 Å². The Bertz CT molecular complexity index is 1610. The van der Waals surface area contributed by atoms with Gasteiger partial charge < -0.3 is 14.6 Å². The Kier molecular flexibility index (Phi) is 9.52. The van der Waals surface area contributed by atoms with Crippen LogP contribution in [0.1, 0.15) is 19.4 Å². The van der Waals surface area contributed by atoms with Crippen molar-refractivity contribution in [3.63, 3.8) is 0 Å². The Hall–Kier alpha value is -3.69. The predicted octanol–water partition coefficient (Wildman–Crippen LogP) is 5.93. The molecular formula is C35H40N2O5S. The molecule has 3 atom stereocenters. The van der Waals surface area contributed by atoms with E-state index in [2.05, 4.69) is 48.3 Å². The topological polar surface area (TPSA) is 79.3 Å². The summed E-state index contributed by atoms with van der Waals surface area (Å²) in [5, 5.41) is 9.96. The van der Waals surface area contributed by atoms with Crippen LogP contribution in [0.2, 0.25) is 0 Å². The number of fused-ring (bicyclic) bond motifs is 1. The highest BCUT2D eigenvalue weighted by molar-refractivity contribution is 7.89. The van der Waals surface area contributed by atoms with Gasteiger partial charge in [0.05, 0.1) is 13.7 Å². The Morgan fingerprint density at radius 2 is 1.53 bits per heavy atom. The number of aliphatic hydroxyl groups is 1. The van der Waals surface area contributed by atoms with E-state index < -0.39 is 16.1 Å². The highest BCUT2D eigenvalue weighted by Crippen LogP contribution is 2.37. The molecule has 4 aromatic carbocycles. The zero-order valence-corrected chi connectivity index (χ0v) is 26.0. The number of likely N-dealkylation sites (N-methyl/N-ethyl adjacent to an activating group) is 1. The standard InChI is InChI=1S/C35H40N2O5S/c1-25-21-37(26(2)24-38)43(39,40)35-19-16-31(30-14-17-32(41-4)18-15-30)20-33(35)42-34(25)23-36(3)22-27-10-12-29(13-11-27)28-8-6-5-7-9-28/h5-20,25-26,34,38H,21-24H2,1-4H3/t25-,26-,34-/m0/s1. The minimum atomic E-state index is -3.91. The quantitative estimate of drug-likeness (QED) is 0.257. The summed E-state index contributed by atoms with van der Waals surface area (Å²) in [6.45, 7) is 5.03. The molecule has 0 saturated carbocycles. The van der Waals surface area contributed by atoms with Crippen molar-refractivity contribution < 1.29 is 23.0 Å². The first-order valence-corrected chi connectivity index (χ1v) is 16.0. The molecule has 8 heteroatoms. The van der Waals surface area contributed by atoms with E-state index in [-0.39, 0.29) is 30.1 Å². The van der Waals surface area contributed by atoms with Crippen LogP contribution in [0, 0.1) is 5.92 Å². The summed E-state index contributed by atoms with van der Waals surface area (Å²) in [6, 6.07) is 31.2. The summed E-state index contributed by atoms with van der Waals surface area (Å²) in [4.78, 5) is 2.32. The maximum Gasteiger partial charge on any atom is 0.247 e. The second-order valence-electron chi connectivity index (χ2n) is 11.4. The van der Waals surface area contributed by atoms with Gasteiger partial charge in [-0.05, 0) is 66.1 Å². The number of ether oxygens (including phenoxy) is 2. The van der Waals surface area contributed by atoms with E-state index >= 15 is 0 Å². The lowest BCUT2D eigenvalue weighted by Gasteiger charge is -2.37. The summed E-state index contributed by atoms with van der Waals surface area (Å²) in [5.74, 6) is 0.930. The Morgan fingerprint density at radius 1 is 0.930 bits per heavy atom. The molecule has 226 valence electrons. The summed E-state index contributed by atoms with van der Waals surface area (Å²) in [5.41, 5.74) is 5.31. The number of hydrogen-bond donors (Lipinski definition) is 1. The second kappa shape index (κ2) is 13.3. The van der Waals surface area contributed by atoms with E-state index in [1.165, 1.54) is 21.0 Å². The molecule has 0 aromatic heterocycles. The van der Waals surface area contributed by atoms with Crippen molar-refractivity contribution >= 4 is 10.0 Å². The van der Waals surface area contributed by atoms with Gasteiger partial charge in [0, 0.05) is 31.6 Å². The molecule has 7 nitrogen and oxygen atoms in total. The number of rotatable bonds is 9. The third-order valence-corrected chi connectivity index (χ3v) is 10.1. The predicted molar refractivity (Wildman–Crippen MR) is 171 cm³/mol. The van der Waals surface area contributed by atoms with Crippen LogP contribution in [0.15, 0.2) is 102 Å². The van der Waals surface area contributed by atoms with Gasteiger partial charge in [0.15, 0.2) is 0 Å². The van der Waals surface area contributed by atoms with Gasteiger partial charge >= 0.3 is 0 Å². The molecule has 1 heterocycles. The van der Waals surface area contributed by atoms with Crippen LogP contribution >= 0.6 is 0 Å². The molecule has 4 aromatic rings. The fourth-order valence-corrected chi connectivity index (χ4v) is 7.35. The highest BCUT2D eigenvalue weighted by Gasteiger charge is 2.38. The van der Waals surface area contributed by atoms with Crippen molar-refractivity contribution in [3.8, 4) is 33.8 Å². The first-order valence-electron chi connectivity index (χ1n) is 14.6. The fraction of sp³-hybridized carbons (Fsp3) is 0.314. The van der Waals surface area contributed by atoms with E-state index in [9.17, 15) is 13.5 Å². The first-order chi connectivity index (χ1) is 20.7. The molecule has 1 N–H and O–H groups in total. The van der Waals surface area contributed by atoms with Gasteiger partial charge in [-0.25, -0.2) is 8.42 Å². The Labute approximate surface area is 255 Å². The van der Waals surface area contributed by atoms with E-state index in [4.69, 9.17) is 9.47 Å². The Balaban J connectivity index is 1.42. The summed E-state index contributed by atoms with van der Waals surface area (Å²) < 4.78 is 41.0. The monoisotopic (exact) mass is 600 g/mol. The van der Waals surface area contributed by atoms with Crippen molar-refractivity contribution in [1.29, 1.82) is 0 Å². The molecule has 0 fully saturated rings. The molecule has 0 spiro atoms. The highest BCUT2D eigenvalue weighted by atomic mass is 32.2. The van der Waals surface area contributed by atoms with E-state index in [0.717, 1.165) is 23.4 Å². The number of hydrogen-bond acceptors (Lipinski definition) is 6. The zero-order chi connectivity index (χ0) is 30.6. The van der Waals surface area contributed by atoms with E-state index in [0.29, 0.717) is 12.3 Å². The van der Waals surface area contributed by atoms with Crippen LogP contribution in [0.3, 0.4) is 0 Å². The fourth-order valence-electron chi connectivity index (χ4n) is 5.52. The first kappa shape index (κ1) is 30.8. The molecule has 0 bridgehead atoms. The van der Waals surface area contributed by atoms with E-state index in [1.54, 1.807) is 26.2 Å². The minimum absolute atomic E-state index is 0.112. The summed E-state index contributed by atoms with van der Waals surface area (Å²) in [7, 11) is -0.233. The smallest absolute Gasteiger partial charge is 0.247 e. The van der Waals surface area contributed by atoms with Crippen LogP contribution < -0.4 is 9.47 Å². The van der Waals surface area contributed by atoms with Crippen LogP contribution in [-0.2, 0) is 16.6 Å². The lowest BCUT2D eigenvalue weighted by molar-refractivity contribution is 0.0734. The van der Waals surface area contributed by atoms with Gasteiger partial charge in [-0.2, -0.15) is 4.31 Å². The molecule has 0 aliphatic carbocycles.